The summed E-state index contributed by atoms with van der Waals surface area (Å²) >= 11 is 6.83. The Morgan fingerprint density at radius 1 is 0.963 bits per heavy atom. The summed E-state index contributed by atoms with van der Waals surface area (Å²) in [6.07, 6.45) is 1.61. The lowest BCUT2D eigenvalue weighted by Gasteiger charge is -2.11. The quantitative estimate of drug-likeness (QED) is 0.521. The minimum Gasteiger partial charge on any atom is -0.457 e. The number of halogens is 1. The monoisotopic (exact) mass is 395 g/mol. The molecule has 4 rings (SSSR count). The molecule has 1 aliphatic heterocycles. The van der Waals surface area contributed by atoms with Crippen molar-refractivity contribution in [2.75, 3.05) is 0 Å². The van der Waals surface area contributed by atoms with Gasteiger partial charge in [-0.1, -0.05) is 41.9 Å². The SMILES string of the molecule is O=C1S/C(=C/c2ccc(-c3ccc(Cl)cc3)o2)C(=O)N1Cc1ccccc1. The van der Waals surface area contributed by atoms with E-state index in [1.54, 1.807) is 24.3 Å². The molecule has 134 valence electrons. The Morgan fingerprint density at radius 3 is 2.44 bits per heavy atom. The van der Waals surface area contributed by atoms with Gasteiger partial charge in [0.2, 0.25) is 0 Å². The summed E-state index contributed by atoms with van der Waals surface area (Å²) in [5.74, 6) is 0.880. The van der Waals surface area contributed by atoms with Crippen LogP contribution in [-0.4, -0.2) is 16.0 Å². The number of imide groups is 1. The second-order valence-electron chi connectivity index (χ2n) is 5.96. The number of carbonyl (C=O) groups excluding carboxylic acids is 2. The molecule has 0 atom stereocenters. The van der Waals surface area contributed by atoms with Crippen molar-refractivity contribution in [2.45, 2.75) is 6.54 Å². The van der Waals surface area contributed by atoms with Crippen LogP contribution in [0.25, 0.3) is 17.4 Å². The van der Waals surface area contributed by atoms with E-state index in [1.165, 1.54) is 4.90 Å². The Labute approximate surface area is 165 Å². The minimum absolute atomic E-state index is 0.261. The van der Waals surface area contributed by atoms with E-state index in [-0.39, 0.29) is 17.7 Å². The molecule has 2 amide bonds. The van der Waals surface area contributed by atoms with Crippen LogP contribution >= 0.6 is 23.4 Å². The number of thioether (sulfide) groups is 1. The first-order valence-corrected chi connectivity index (χ1v) is 9.45. The molecule has 1 aromatic heterocycles. The summed E-state index contributed by atoms with van der Waals surface area (Å²) in [5, 5.41) is 0.372. The molecule has 0 spiro atoms. The van der Waals surface area contributed by atoms with Crippen LogP contribution < -0.4 is 0 Å². The third kappa shape index (κ3) is 3.84. The molecule has 0 saturated carbocycles. The zero-order chi connectivity index (χ0) is 18.8. The standard InChI is InChI=1S/C21H14ClNO3S/c22-16-8-6-15(7-9-16)18-11-10-17(26-18)12-19-20(24)23(21(25)27-19)13-14-4-2-1-3-5-14/h1-12H,13H2/b19-12+. The zero-order valence-electron chi connectivity index (χ0n) is 14.1. The van der Waals surface area contributed by atoms with Crippen molar-refractivity contribution in [3.63, 3.8) is 0 Å². The molecule has 6 heteroatoms. The van der Waals surface area contributed by atoms with Crippen LogP contribution in [0.2, 0.25) is 5.02 Å². The van der Waals surface area contributed by atoms with Crippen molar-refractivity contribution in [1.82, 2.24) is 4.90 Å². The van der Waals surface area contributed by atoms with Crippen LogP contribution in [0.3, 0.4) is 0 Å². The summed E-state index contributed by atoms with van der Waals surface area (Å²) in [5.41, 5.74) is 1.79. The van der Waals surface area contributed by atoms with Gasteiger partial charge in [-0.3, -0.25) is 14.5 Å². The molecular weight excluding hydrogens is 382 g/mol. The van der Waals surface area contributed by atoms with Crippen molar-refractivity contribution in [1.29, 1.82) is 0 Å². The third-order valence-corrected chi connectivity index (χ3v) is 5.25. The van der Waals surface area contributed by atoms with E-state index in [0.717, 1.165) is 22.9 Å². The first-order valence-electron chi connectivity index (χ1n) is 8.25. The zero-order valence-corrected chi connectivity index (χ0v) is 15.7. The number of amides is 2. The Hall–Kier alpha value is -2.76. The molecule has 1 saturated heterocycles. The summed E-state index contributed by atoms with van der Waals surface area (Å²) < 4.78 is 5.79. The predicted octanol–water partition coefficient (Wildman–Crippen LogP) is 5.84. The fourth-order valence-electron chi connectivity index (χ4n) is 2.73. The number of benzene rings is 2. The Morgan fingerprint density at radius 2 is 1.70 bits per heavy atom. The number of rotatable bonds is 4. The van der Waals surface area contributed by atoms with E-state index < -0.39 is 0 Å². The Kier molecular flexibility index (Phi) is 4.88. The van der Waals surface area contributed by atoms with Crippen molar-refractivity contribution in [3.8, 4) is 11.3 Å². The highest BCUT2D eigenvalue weighted by molar-refractivity contribution is 8.18. The fourth-order valence-corrected chi connectivity index (χ4v) is 3.68. The van der Waals surface area contributed by atoms with Gasteiger partial charge in [0.1, 0.15) is 11.5 Å². The maximum absolute atomic E-state index is 12.6. The molecule has 2 aromatic carbocycles. The second-order valence-corrected chi connectivity index (χ2v) is 7.39. The number of hydrogen-bond donors (Lipinski definition) is 0. The van der Waals surface area contributed by atoms with Crippen LogP contribution in [0.4, 0.5) is 4.79 Å². The summed E-state index contributed by atoms with van der Waals surface area (Å²) in [4.78, 5) is 26.4. The number of nitrogens with zero attached hydrogens (tertiary/aromatic N) is 1. The van der Waals surface area contributed by atoms with E-state index >= 15 is 0 Å². The molecule has 0 aliphatic carbocycles. The van der Waals surface area contributed by atoms with Gasteiger partial charge in [0.25, 0.3) is 11.1 Å². The molecule has 1 fully saturated rings. The summed E-state index contributed by atoms with van der Waals surface area (Å²) in [7, 11) is 0. The topological polar surface area (TPSA) is 50.5 Å². The van der Waals surface area contributed by atoms with Gasteiger partial charge < -0.3 is 4.42 Å². The van der Waals surface area contributed by atoms with E-state index in [2.05, 4.69) is 0 Å². The molecule has 2 heterocycles. The minimum atomic E-state index is -0.307. The second kappa shape index (κ2) is 7.47. The first kappa shape index (κ1) is 17.6. The van der Waals surface area contributed by atoms with Crippen LogP contribution in [0, 0.1) is 0 Å². The molecule has 27 heavy (non-hydrogen) atoms. The van der Waals surface area contributed by atoms with Crippen molar-refractivity contribution in [2.24, 2.45) is 0 Å². The van der Waals surface area contributed by atoms with Crippen molar-refractivity contribution in [3.05, 3.63) is 88.0 Å². The van der Waals surface area contributed by atoms with Gasteiger partial charge in [0, 0.05) is 16.7 Å². The highest BCUT2D eigenvalue weighted by atomic mass is 35.5. The molecule has 3 aromatic rings. The average Bonchev–Trinajstić information content (AvgIpc) is 3.24. The molecule has 0 N–H and O–H groups in total. The van der Waals surface area contributed by atoms with E-state index in [4.69, 9.17) is 16.0 Å². The van der Waals surface area contributed by atoms with E-state index in [1.807, 2.05) is 48.5 Å². The number of furan rings is 1. The van der Waals surface area contributed by atoms with Gasteiger partial charge in [-0.25, -0.2) is 0 Å². The molecular formula is C21H14ClNO3S. The smallest absolute Gasteiger partial charge is 0.293 e. The van der Waals surface area contributed by atoms with Crippen LogP contribution in [-0.2, 0) is 11.3 Å². The van der Waals surface area contributed by atoms with Crippen molar-refractivity contribution < 1.29 is 14.0 Å². The fraction of sp³-hybridized carbons (Fsp3) is 0.0476. The Balaban J connectivity index is 1.53. The summed E-state index contributed by atoms with van der Waals surface area (Å²) in [6.45, 7) is 0.261. The normalized spacial score (nSPS) is 15.7. The van der Waals surface area contributed by atoms with Gasteiger partial charge in [-0.2, -0.15) is 0 Å². The van der Waals surface area contributed by atoms with Crippen LogP contribution in [0.1, 0.15) is 11.3 Å². The van der Waals surface area contributed by atoms with Gasteiger partial charge >= 0.3 is 0 Å². The predicted molar refractivity (Wildman–Crippen MR) is 107 cm³/mol. The van der Waals surface area contributed by atoms with Gasteiger partial charge in [0.15, 0.2) is 0 Å². The molecule has 4 nitrogen and oxygen atoms in total. The maximum atomic E-state index is 12.6. The lowest BCUT2D eigenvalue weighted by Crippen LogP contribution is -2.27. The number of hydrogen-bond acceptors (Lipinski definition) is 4. The lowest BCUT2D eigenvalue weighted by atomic mass is 10.2. The van der Waals surface area contributed by atoms with E-state index in [0.29, 0.717) is 21.4 Å². The van der Waals surface area contributed by atoms with Crippen LogP contribution in [0.15, 0.2) is 76.1 Å². The van der Waals surface area contributed by atoms with Gasteiger partial charge in [-0.15, -0.1) is 0 Å². The Bertz CT molecular complexity index is 1030. The van der Waals surface area contributed by atoms with Gasteiger partial charge in [-0.05, 0) is 53.7 Å². The maximum Gasteiger partial charge on any atom is 0.293 e. The third-order valence-electron chi connectivity index (χ3n) is 4.09. The van der Waals surface area contributed by atoms with Crippen molar-refractivity contribution >= 4 is 40.6 Å². The van der Waals surface area contributed by atoms with Gasteiger partial charge in [0.05, 0.1) is 11.4 Å². The molecule has 0 bridgehead atoms. The molecule has 0 radical (unpaired) electrons. The highest BCUT2D eigenvalue weighted by Crippen LogP contribution is 2.34. The lowest BCUT2D eigenvalue weighted by molar-refractivity contribution is -0.123. The molecule has 1 aliphatic rings. The number of carbonyl (C=O) groups is 2. The first-order chi connectivity index (χ1) is 13.1. The van der Waals surface area contributed by atoms with Crippen LogP contribution in [0.5, 0.6) is 0 Å². The molecule has 0 unspecified atom stereocenters. The average molecular weight is 396 g/mol. The van der Waals surface area contributed by atoms with E-state index in [9.17, 15) is 9.59 Å². The highest BCUT2D eigenvalue weighted by Gasteiger charge is 2.35. The summed E-state index contributed by atoms with van der Waals surface area (Å²) in [6, 6.07) is 20.3. The largest absolute Gasteiger partial charge is 0.457 e.